The molecule has 0 saturated heterocycles. The third-order valence-corrected chi connectivity index (χ3v) is 4.40. The molecule has 0 fully saturated rings. The van der Waals surface area contributed by atoms with Crippen molar-refractivity contribution in [1.29, 1.82) is 0 Å². The smallest absolute Gasteiger partial charge is 0.338 e. The van der Waals surface area contributed by atoms with Gasteiger partial charge in [-0.25, -0.2) is 9.78 Å². The molecule has 1 unspecified atom stereocenters. The monoisotopic (exact) mass is 340 g/mol. The van der Waals surface area contributed by atoms with E-state index in [9.17, 15) is 4.79 Å². The van der Waals surface area contributed by atoms with Gasteiger partial charge in [0, 0.05) is 23.3 Å². The zero-order valence-electron chi connectivity index (χ0n) is 13.3. The van der Waals surface area contributed by atoms with E-state index in [1.165, 1.54) is 11.3 Å². The molecule has 2 heterocycles. The Morgan fingerprint density at radius 1 is 1.17 bits per heavy atom. The van der Waals surface area contributed by atoms with E-state index in [0.29, 0.717) is 11.3 Å². The number of ether oxygens (including phenoxy) is 2. The maximum atomic E-state index is 12.4. The number of benzene rings is 1. The molecule has 0 spiro atoms. The minimum atomic E-state index is -0.405. The lowest BCUT2D eigenvalue weighted by molar-refractivity contribution is 0.0337. The standard InChI is InChI=1S/C18H16N2O3S/c1-12(17-20-9-10-24-17)23-18(21)13-6-7-16(22-2)14(11-13)15-5-3-4-8-19-15/h3-12H,1-2H3. The van der Waals surface area contributed by atoms with E-state index in [2.05, 4.69) is 9.97 Å². The van der Waals surface area contributed by atoms with Crippen LogP contribution in [0.5, 0.6) is 5.75 Å². The maximum absolute atomic E-state index is 12.4. The molecule has 0 aliphatic carbocycles. The average molecular weight is 340 g/mol. The summed E-state index contributed by atoms with van der Waals surface area (Å²) in [4.78, 5) is 20.9. The Labute approximate surface area is 143 Å². The largest absolute Gasteiger partial charge is 0.496 e. The molecular formula is C18H16N2O3S. The number of carbonyl (C=O) groups is 1. The number of rotatable bonds is 5. The number of nitrogens with zero attached hydrogens (tertiary/aromatic N) is 2. The Morgan fingerprint density at radius 2 is 2.04 bits per heavy atom. The van der Waals surface area contributed by atoms with Crippen molar-refractivity contribution < 1.29 is 14.3 Å². The van der Waals surface area contributed by atoms with Crippen LogP contribution in [0.2, 0.25) is 0 Å². The molecular weight excluding hydrogens is 324 g/mol. The topological polar surface area (TPSA) is 61.3 Å². The van der Waals surface area contributed by atoms with Crippen molar-refractivity contribution in [3.8, 4) is 17.0 Å². The van der Waals surface area contributed by atoms with E-state index in [1.54, 1.807) is 44.6 Å². The van der Waals surface area contributed by atoms with Crippen molar-refractivity contribution in [3.63, 3.8) is 0 Å². The van der Waals surface area contributed by atoms with Crippen LogP contribution in [0, 0.1) is 0 Å². The summed E-state index contributed by atoms with van der Waals surface area (Å²) in [7, 11) is 1.59. The Hall–Kier alpha value is -2.73. The van der Waals surface area contributed by atoms with Crippen LogP contribution in [0.3, 0.4) is 0 Å². The quantitative estimate of drug-likeness (QED) is 0.654. The Balaban J connectivity index is 1.87. The van der Waals surface area contributed by atoms with E-state index >= 15 is 0 Å². The van der Waals surface area contributed by atoms with Crippen molar-refractivity contribution in [2.24, 2.45) is 0 Å². The van der Waals surface area contributed by atoms with Crippen molar-refractivity contribution in [2.45, 2.75) is 13.0 Å². The fourth-order valence-electron chi connectivity index (χ4n) is 2.27. The second kappa shape index (κ2) is 7.23. The first-order valence-electron chi connectivity index (χ1n) is 7.39. The van der Waals surface area contributed by atoms with Crippen LogP contribution in [-0.2, 0) is 4.74 Å². The summed E-state index contributed by atoms with van der Waals surface area (Å²) < 4.78 is 10.9. The minimum absolute atomic E-state index is 0.391. The van der Waals surface area contributed by atoms with Crippen molar-refractivity contribution in [1.82, 2.24) is 9.97 Å². The number of hydrogen-bond acceptors (Lipinski definition) is 6. The molecule has 0 saturated carbocycles. The first-order chi connectivity index (χ1) is 11.7. The Kier molecular flexibility index (Phi) is 4.86. The lowest BCUT2D eigenvalue weighted by atomic mass is 10.1. The molecule has 3 aromatic rings. The number of methoxy groups -OCH3 is 1. The van der Waals surface area contributed by atoms with Crippen LogP contribution in [-0.4, -0.2) is 23.0 Å². The van der Waals surface area contributed by atoms with Crippen molar-refractivity contribution in [3.05, 3.63) is 64.7 Å². The average Bonchev–Trinajstić information content (AvgIpc) is 3.16. The van der Waals surface area contributed by atoms with Crippen molar-refractivity contribution in [2.75, 3.05) is 7.11 Å². The molecule has 2 aromatic heterocycles. The van der Waals surface area contributed by atoms with E-state index in [0.717, 1.165) is 16.3 Å². The first-order valence-corrected chi connectivity index (χ1v) is 8.27. The van der Waals surface area contributed by atoms with Gasteiger partial charge in [0.2, 0.25) is 0 Å². The normalized spacial score (nSPS) is 11.8. The lowest BCUT2D eigenvalue weighted by Crippen LogP contribution is -2.09. The Morgan fingerprint density at radius 3 is 2.71 bits per heavy atom. The maximum Gasteiger partial charge on any atom is 0.338 e. The molecule has 0 aliphatic heterocycles. The van der Waals surface area contributed by atoms with Gasteiger partial charge >= 0.3 is 5.97 Å². The molecule has 0 N–H and O–H groups in total. The van der Waals surface area contributed by atoms with Crippen LogP contribution in [0.25, 0.3) is 11.3 Å². The van der Waals surface area contributed by atoms with E-state index in [1.807, 2.05) is 23.6 Å². The number of carbonyl (C=O) groups excluding carboxylic acids is 1. The zero-order chi connectivity index (χ0) is 16.9. The molecule has 122 valence electrons. The van der Waals surface area contributed by atoms with Gasteiger partial charge in [0.15, 0.2) is 6.10 Å². The van der Waals surface area contributed by atoms with Crippen LogP contribution >= 0.6 is 11.3 Å². The second-order valence-electron chi connectivity index (χ2n) is 5.05. The summed E-state index contributed by atoms with van der Waals surface area (Å²) in [6, 6.07) is 10.8. The molecule has 3 rings (SSSR count). The van der Waals surface area contributed by atoms with Gasteiger partial charge in [-0.15, -0.1) is 11.3 Å². The lowest BCUT2D eigenvalue weighted by Gasteiger charge is -2.13. The summed E-state index contributed by atoms with van der Waals surface area (Å²) >= 11 is 1.46. The number of aromatic nitrogens is 2. The molecule has 0 radical (unpaired) electrons. The van der Waals surface area contributed by atoms with E-state index < -0.39 is 12.1 Å². The minimum Gasteiger partial charge on any atom is -0.496 e. The molecule has 5 nitrogen and oxygen atoms in total. The van der Waals surface area contributed by atoms with Gasteiger partial charge in [-0.3, -0.25) is 4.98 Å². The van der Waals surface area contributed by atoms with Crippen molar-refractivity contribution >= 4 is 17.3 Å². The zero-order valence-corrected chi connectivity index (χ0v) is 14.1. The van der Waals surface area contributed by atoms with Gasteiger partial charge in [-0.1, -0.05) is 6.07 Å². The third-order valence-electron chi connectivity index (χ3n) is 3.46. The summed E-state index contributed by atoms with van der Waals surface area (Å²) in [5.41, 5.74) is 1.92. The van der Waals surface area contributed by atoms with Gasteiger partial charge < -0.3 is 9.47 Å². The summed E-state index contributed by atoms with van der Waals surface area (Å²) in [6.45, 7) is 1.81. The Bertz CT molecular complexity index is 820. The molecule has 0 bridgehead atoms. The highest BCUT2D eigenvalue weighted by molar-refractivity contribution is 7.09. The number of pyridine rings is 1. The van der Waals surface area contributed by atoms with Crippen LogP contribution in [0.1, 0.15) is 28.4 Å². The summed E-state index contributed by atoms with van der Waals surface area (Å²) in [5.74, 6) is 0.246. The van der Waals surface area contributed by atoms with Crippen LogP contribution < -0.4 is 4.74 Å². The molecule has 24 heavy (non-hydrogen) atoms. The third kappa shape index (κ3) is 3.44. The molecule has 1 aromatic carbocycles. The van der Waals surface area contributed by atoms with Gasteiger partial charge in [0.25, 0.3) is 0 Å². The number of thiazole rings is 1. The van der Waals surface area contributed by atoms with Gasteiger partial charge in [-0.05, 0) is 37.3 Å². The van der Waals surface area contributed by atoms with Gasteiger partial charge in [0.1, 0.15) is 10.8 Å². The van der Waals surface area contributed by atoms with Crippen LogP contribution in [0.15, 0.2) is 54.2 Å². The van der Waals surface area contributed by atoms with Crippen LogP contribution in [0.4, 0.5) is 0 Å². The highest BCUT2D eigenvalue weighted by Crippen LogP contribution is 2.30. The SMILES string of the molecule is COc1ccc(C(=O)OC(C)c2nccs2)cc1-c1ccccn1. The van der Waals surface area contributed by atoms with Gasteiger partial charge in [0.05, 0.1) is 18.4 Å². The fraction of sp³-hybridized carbons (Fsp3) is 0.167. The van der Waals surface area contributed by atoms with E-state index in [4.69, 9.17) is 9.47 Å². The summed E-state index contributed by atoms with van der Waals surface area (Å²) in [6.07, 6.45) is 3.00. The molecule has 0 amide bonds. The summed E-state index contributed by atoms with van der Waals surface area (Å²) in [5, 5.41) is 2.62. The van der Waals surface area contributed by atoms with E-state index in [-0.39, 0.29) is 0 Å². The highest BCUT2D eigenvalue weighted by Gasteiger charge is 2.18. The number of hydrogen-bond donors (Lipinski definition) is 0. The first kappa shape index (κ1) is 16.1. The predicted molar refractivity (Wildman–Crippen MR) is 92.2 cm³/mol. The highest BCUT2D eigenvalue weighted by atomic mass is 32.1. The molecule has 0 aliphatic rings. The van der Waals surface area contributed by atoms with Gasteiger partial charge in [-0.2, -0.15) is 0 Å². The predicted octanol–water partition coefficient (Wildman–Crippen LogP) is 4.13. The second-order valence-corrected chi connectivity index (χ2v) is 5.97. The number of esters is 1. The molecule has 6 heteroatoms. The fourth-order valence-corrected chi connectivity index (χ4v) is 2.89. The molecule has 1 atom stereocenters.